The van der Waals surface area contributed by atoms with Gasteiger partial charge in [-0.15, -0.1) is 6.58 Å². The number of aromatic nitrogens is 2. The third kappa shape index (κ3) is 5.76. The van der Waals surface area contributed by atoms with Gasteiger partial charge in [-0.3, -0.25) is 13.9 Å². The Morgan fingerprint density at radius 2 is 1.68 bits per heavy atom. The van der Waals surface area contributed by atoms with E-state index >= 15 is 0 Å². The molecule has 226 valence electrons. The van der Waals surface area contributed by atoms with Crippen LogP contribution in [0.2, 0.25) is 36.3 Å². The van der Waals surface area contributed by atoms with Gasteiger partial charge in [-0.25, -0.2) is 8.98 Å². The molecular formula is C26H45N3O8SSi2. The van der Waals surface area contributed by atoms with Crippen molar-refractivity contribution in [3.8, 4) is 0 Å². The first-order valence-electron chi connectivity index (χ1n) is 13.3. The molecule has 1 aromatic rings. The lowest BCUT2D eigenvalue weighted by molar-refractivity contribution is -0.0566. The van der Waals surface area contributed by atoms with Crippen LogP contribution in [0.1, 0.15) is 47.8 Å². The maximum absolute atomic E-state index is 13.6. The van der Waals surface area contributed by atoms with E-state index in [2.05, 4.69) is 40.4 Å². The van der Waals surface area contributed by atoms with E-state index in [4.69, 9.17) is 23.5 Å². The fourth-order valence-electron chi connectivity index (χ4n) is 4.24. The Labute approximate surface area is 239 Å². The average molecular weight is 616 g/mol. The second-order valence-corrected chi connectivity index (χ2v) is 24.5. The van der Waals surface area contributed by atoms with Gasteiger partial charge in [-0.1, -0.05) is 47.6 Å². The van der Waals surface area contributed by atoms with Crippen molar-refractivity contribution < 1.29 is 26.2 Å². The molecule has 1 unspecified atom stereocenters. The van der Waals surface area contributed by atoms with Crippen LogP contribution in [0.3, 0.4) is 0 Å². The first kappa shape index (κ1) is 32.7. The zero-order valence-corrected chi connectivity index (χ0v) is 28.1. The zero-order chi connectivity index (χ0) is 30.7. The molecular weight excluding hydrogens is 571 g/mol. The number of hydrogen-bond acceptors (Lipinski definition) is 9. The van der Waals surface area contributed by atoms with Crippen molar-refractivity contribution in [2.45, 2.75) is 108 Å². The second-order valence-electron chi connectivity index (χ2n) is 13.6. The van der Waals surface area contributed by atoms with Gasteiger partial charge in [-0.05, 0) is 36.3 Å². The molecule has 1 fully saturated rings. The normalized spacial score (nSPS) is 27.2. The van der Waals surface area contributed by atoms with Gasteiger partial charge in [0, 0.05) is 18.8 Å². The van der Waals surface area contributed by atoms with Crippen LogP contribution in [-0.4, -0.2) is 58.6 Å². The van der Waals surface area contributed by atoms with Crippen molar-refractivity contribution in [2.24, 2.45) is 5.73 Å². The van der Waals surface area contributed by atoms with E-state index in [0.717, 1.165) is 9.98 Å². The van der Waals surface area contributed by atoms with E-state index in [9.17, 15) is 18.0 Å². The third-order valence-corrected chi connectivity index (χ3v) is 18.8. The van der Waals surface area contributed by atoms with E-state index in [-0.39, 0.29) is 28.9 Å². The molecule has 11 nitrogen and oxygen atoms in total. The topological polar surface area (TPSA) is 141 Å². The van der Waals surface area contributed by atoms with Gasteiger partial charge >= 0.3 is 5.69 Å². The lowest BCUT2D eigenvalue weighted by Gasteiger charge is -2.43. The van der Waals surface area contributed by atoms with Crippen LogP contribution in [0.5, 0.6) is 0 Å². The Balaban J connectivity index is 2.27. The Kier molecular flexibility index (Phi) is 8.56. The minimum Gasteiger partial charge on any atom is -0.414 e. The summed E-state index contributed by atoms with van der Waals surface area (Å²) >= 11 is 0. The van der Waals surface area contributed by atoms with Crippen molar-refractivity contribution in [2.75, 3.05) is 6.61 Å². The fraction of sp³-hybridized carbons (Fsp3) is 0.692. The van der Waals surface area contributed by atoms with Crippen LogP contribution in [0.4, 0.5) is 0 Å². The highest BCUT2D eigenvalue weighted by Gasteiger charge is 2.67. The maximum Gasteiger partial charge on any atom is 0.333 e. The van der Waals surface area contributed by atoms with Gasteiger partial charge < -0.3 is 19.3 Å². The molecule has 0 radical (unpaired) electrons. The molecule has 2 aliphatic heterocycles. The molecule has 1 saturated heterocycles. The average Bonchev–Trinajstić information content (AvgIpc) is 3.20. The number of allylic oxidation sites excluding steroid dienone is 1. The Morgan fingerprint density at radius 1 is 1.10 bits per heavy atom. The SMILES string of the molecule is C=CCn1c(=O)ccn([C@@H]2O[C@H](CO[Si](C)(C)C(C)(C)C)C3(OS(=O)(=O)C=C3N)[C@H]2O[Si](C)(C)C(C)(C)C)c1=O. The minimum absolute atomic E-state index is 0.0189. The highest BCUT2D eigenvalue weighted by atomic mass is 32.2. The highest BCUT2D eigenvalue weighted by Crippen LogP contribution is 2.52. The van der Waals surface area contributed by atoms with Crippen molar-refractivity contribution in [1.29, 1.82) is 0 Å². The summed E-state index contributed by atoms with van der Waals surface area (Å²) in [5.41, 5.74) is 3.43. The molecule has 0 aromatic carbocycles. The molecule has 0 bridgehead atoms. The van der Waals surface area contributed by atoms with Crippen LogP contribution in [0.25, 0.3) is 0 Å². The molecule has 0 aliphatic carbocycles. The monoisotopic (exact) mass is 615 g/mol. The van der Waals surface area contributed by atoms with Gasteiger partial charge in [-0.2, -0.15) is 8.42 Å². The fourth-order valence-corrected chi connectivity index (χ4v) is 7.74. The molecule has 40 heavy (non-hydrogen) atoms. The largest absolute Gasteiger partial charge is 0.414 e. The second kappa shape index (κ2) is 10.5. The summed E-state index contributed by atoms with van der Waals surface area (Å²) in [7, 11) is -9.20. The van der Waals surface area contributed by atoms with Crippen molar-refractivity contribution >= 4 is 26.8 Å². The smallest absolute Gasteiger partial charge is 0.333 e. The van der Waals surface area contributed by atoms with Crippen LogP contribution in [0, 0.1) is 0 Å². The van der Waals surface area contributed by atoms with Crippen LogP contribution in [-0.2, 0) is 34.4 Å². The lowest BCUT2D eigenvalue weighted by Crippen LogP contribution is -2.59. The lowest BCUT2D eigenvalue weighted by atomic mass is 9.89. The van der Waals surface area contributed by atoms with Gasteiger partial charge in [0.2, 0.25) is 0 Å². The predicted octanol–water partition coefficient (Wildman–Crippen LogP) is 3.40. The summed E-state index contributed by atoms with van der Waals surface area (Å²) in [5, 5.41) is 0.439. The minimum atomic E-state index is -4.20. The summed E-state index contributed by atoms with van der Waals surface area (Å²) in [4.78, 5) is 26.1. The molecule has 1 aromatic heterocycles. The van der Waals surface area contributed by atoms with Crippen LogP contribution >= 0.6 is 0 Å². The number of rotatable bonds is 8. The maximum atomic E-state index is 13.6. The third-order valence-electron chi connectivity index (χ3n) is 8.75. The molecule has 4 atom stereocenters. The van der Waals surface area contributed by atoms with Gasteiger partial charge in [0.1, 0.15) is 12.2 Å². The van der Waals surface area contributed by atoms with E-state index in [0.29, 0.717) is 0 Å². The van der Waals surface area contributed by atoms with Crippen molar-refractivity contribution in [3.63, 3.8) is 0 Å². The summed E-state index contributed by atoms with van der Waals surface area (Å²) in [6, 6.07) is 1.25. The summed E-state index contributed by atoms with van der Waals surface area (Å²) < 4.78 is 53.6. The number of hydrogen-bond donors (Lipinski definition) is 1. The molecule has 0 saturated carbocycles. The Bertz CT molecular complexity index is 1400. The number of ether oxygens (including phenoxy) is 1. The van der Waals surface area contributed by atoms with E-state index < -0.39 is 62.0 Å². The highest BCUT2D eigenvalue weighted by molar-refractivity contribution is 7.90. The zero-order valence-electron chi connectivity index (χ0n) is 25.3. The van der Waals surface area contributed by atoms with Crippen molar-refractivity contribution in [1.82, 2.24) is 9.13 Å². The van der Waals surface area contributed by atoms with E-state index in [1.54, 1.807) is 0 Å². The Morgan fingerprint density at radius 3 is 2.15 bits per heavy atom. The van der Waals surface area contributed by atoms with Crippen LogP contribution in [0.15, 0.2) is 45.6 Å². The van der Waals surface area contributed by atoms with E-state index in [1.807, 2.05) is 33.9 Å². The molecule has 3 heterocycles. The predicted molar refractivity (Wildman–Crippen MR) is 159 cm³/mol. The first-order chi connectivity index (χ1) is 18.0. The standard InChI is InChI=1S/C26H45N3O8SSi2/c1-12-14-28-20(30)13-15-29(23(28)31)22-21(36-40(10,11)25(5,6)7)26(18(27)17-38(32,33)37-26)19(35-22)16-34-39(8,9)24(2,3)4/h12-13,15,17,19,21-22H,1,14,16,27H2,2-11H3/t19-,21+,22-,26?/m1/s1. The molecule has 3 rings (SSSR count). The van der Waals surface area contributed by atoms with Crippen molar-refractivity contribution in [3.05, 3.63) is 56.9 Å². The summed E-state index contributed by atoms with van der Waals surface area (Å²) in [6.07, 6.45) is -0.599. The Hall–Kier alpha value is -1.82. The summed E-state index contributed by atoms with van der Waals surface area (Å²) in [6.45, 7) is 24.1. The number of nitrogens with two attached hydrogens (primary N) is 1. The molecule has 0 amide bonds. The molecule has 2 N–H and O–H groups in total. The molecule has 14 heteroatoms. The van der Waals surface area contributed by atoms with Gasteiger partial charge in [0.15, 0.2) is 28.5 Å². The van der Waals surface area contributed by atoms with Gasteiger partial charge in [0.05, 0.1) is 17.7 Å². The van der Waals surface area contributed by atoms with Crippen LogP contribution < -0.4 is 17.0 Å². The van der Waals surface area contributed by atoms with Gasteiger partial charge in [0.25, 0.3) is 15.7 Å². The van der Waals surface area contributed by atoms with E-state index in [1.165, 1.54) is 22.9 Å². The number of nitrogens with zero attached hydrogens (tertiary/aromatic N) is 2. The quantitative estimate of drug-likeness (QED) is 0.265. The summed E-state index contributed by atoms with van der Waals surface area (Å²) in [5.74, 6) is 0. The molecule has 1 spiro atoms. The molecule has 2 aliphatic rings. The first-order valence-corrected chi connectivity index (χ1v) is 20.6.